The average molecular weight is 241 g/mol. The fraction of sp³-hybridized carbons (Fsp3) is 0. The zero-order valence-electron chi connectivity index (χ0n) is 8.10. The molecule has 0 saturated carbocycles. The van der Waals surface area contributed by atoms with Gasteiger partial charge in [-0.25, -0.2) is 0 Å². The molecule has 0 aliphatic rings. The number of benzene rings is 2. The summed E-state index contributed by atoms with van der Waals surface area (Å²) in [5.74, 6) is 0.977. The molecule has 0 amide bonds. The minimum atomic E-state index is 0.418. The first-order valence-electron chi connectivity index (χ1n) is 4.59. The van der Waals surface area contributed by atoms with Crippen molar-refractivity contribution >= 4 is 19.0 Å². The third-order valence-corrected chi connectivity index (χ3v) is 3.19. The predicted molar refractivity (Wildman–Crippen MR) is 61.1 cm³/mol. The number of rotatable bonds is 2. The van der Waals surface area contributed by atoms with Gasteiger partial charge in [0.25, 0.3) is 0 Å². The van der Waals surface area contributed by atoms with E-state index in [1.165, 1.54) is 11.1 Å². The number of hydrogen-bond donors (Lipinski definition) is 0. The molecule has 2 rings (SSSR count). The molecule has 0 fully saturated rings. The van der Waals surface area contributed by atoms with Crippen LogP contribution >= 0.6 is 0 Å². The summed E-state index contributed by atoms with van der Waals surface area (Å²) in [5.41, 5.74) is 2.48. The second kappa shape index (κ2) is 4.40. The van der Waals surface area contributed by atoms with E-state index in [0.29, 0.717) is 19.0 Å². The summed E-state index contributed by atoms with van der Waals surface area (Å²) in [7, 11) is 0. The van der Waals surface area contributed by atoms with Gasteiger partial charge in [0.15, 0.2) is 0 Å². The standard InChI is InChI=1S/C12H10O.Ga.2H/c13-12-8-6-11(7-9-12)10-4-2-1-3-5-10;;;/h1-9,13H;;;/q;+1;;/p-1. The fourth-order valence-corrected chi connectivity index (χ4v) is 1.99. The van der Waals surface area contributed by atoms with Gasteiger partial charge in [0.05, 0.1) is 0 Å². The maximum absolute atomic E-state index is 5.29. The Morgan fingerprint density at radius 1 is 0.714 bits per heavy atom. The van der Waals surface area contributed by atoms with Crippen LogP contribution in [-0.2, 0) is 0 Å². The van der Waals surface area contributed by atoms with Crippen LogP contribution in [0.2, 0.25) is 0 Å². The van der Waals surface area contributed by atoms with Crippen LogP contribution in [0.15, 0.2) is 54.6 Å². The molecule has 2 heteroatoms. The Kier molecular flexibility index (Phi) is 2.96. The van der Waals surface area contributed by atoms with Crippen LogP contribution in [0, 0.1) is 0 Å². The van der Waals surface area contributed by atoms with Crippen molar-refractivity contribution in [3.63, 3.8) is 0 Å². The van der Waals surface area contributed by atoms with Crippen LogP contribution in [0.25, 0.3) is 11.1 Å². The molecular weight excluding hydrogens is 230 g/mol. The molecule has 14 heavy (non-hydrogen) atoms. The van der Waals surface area contributed by atoms with Gasteiger partial charge in [-0.05, 0) is 0 Å². The van der Waals surface area contributed by atoms with Crippen LogP contribution in [0.4, 0.5) is 0 Å². The zero-order valence-corrected chi connectivity index (χ0v) is 12.3. The van der Waals surface area contributed by atoms with Gasteiger partial charge in [0.2, 0.25) is 0 Å². The summed E-state index contributed by atoms with van der Waals surface area (Å²) in [4.78, 5) is 0. The molecule has 0 heterocycles. The minimum absolute atomic E-state index is 0.418. The molecule has 0 N–H and O–H groups in total. The van der Waals surface area contributed by atoms with Crippen LogP contribution in [0.5, 0.6) is 5.75 Å². The van der Waals surface area contributed by atoms with Crippen molar-refractivity contribution in [1.82, 2.24) is 0 Å². The summed E-state index contributed by atoms with van der Waals surface area (Å²) in [6.45, 7) is 0. The second-order valence-electron chi connectivity index (χ2n) is 3.09. The van der Waals surface area contributed by atoms with Gasteiger partial charge in [-0.3, -0.25) is 0 Å². The van der Waals surface area contributed by atoms with E-state index in [0.717, 1.165) is 5.75 Å². The Hall–Kier alpha value is -1.12. The molecule has 2 aromatic carbocycles. The van der Waals surface area contributed by atoms with Crippen LogP contribution < -0.4 is 3.53 Å². The Labute approximate surface area is 94.1 Å². The molecule has 0 radical (unpaired) electrons. The molecule has 0 atom stereocenters. The van der Waals surface area contributed by atoms with E-state index in [4.69, 9.17) is 3.53 Å². The third kappa shape index (κ3) is 2.03. The first kappa shape index (κ1) is 9.43. The molecule has 1 nitrogen and oxygen atoms in total. The van der Waals surface area contributed by atoms with Crippen LogP contribution in [-0.4, -0.2) is 19.0 Å². The summed E-state index contributed by atoms with van der Waals surface area (Å²) in [6, 6.07) is 18.6. The maximum atomic E-state index is 5.29. The van der Waals surface area contributed by atoms with Gasteiger partial charge in [-0.1, -0.05) is 0 Å². The topological polar surface area (TPSA) is 9.23 Å². The summed E-state index contributed by atoms with van der Waals surface area (Å²) in [6.07, 6.45) is 0. The first-order valence-corrected chi connectivity index (χ1v) is 6.31. The van der Waals surface area contributed by atoms with Crippen molar-refractivity contribution < 1.29 is 3.53 Å². The van der Waals surface area contributed by atoms with Crippen LogP contribution in [0.3, 0.4) is 0 Å². The Morgan fingerprint density at radius 2 is 1.29 bits per heavy atom. The van der Waals surface area contributed by atoms with Crippen molar-refractivity contribution in [3.8, 4) is 16.9 Å². The van der Waals surface area contributed by atoms with Crippen molar-refractivity contribution in [2.45, 2.75) is 0 Å². The van der Waals surface area contributed by atoms with E-state index < -0.39 is 0 Å². The molecule has 0 aliphatic heterocycles. The van der Waals surface area contributed by atoms with Gasteiger partial charge in [-0.2, -0.15) is 0 Å². The van der Waals surface area contributed by atoms with E-state index in [2.05, 4.69) is 36.4 Å². The van der Waals surface area contributed by atoms with E-state index in [1.54, 1.807) is 0 Å². The molecule has 0 aromatic heterocycles. The zero-order chi connectivity index (χ0) is 9.80. The quantitative estimate of drug-likeness (QED) is 0.733. The van der Waals surface area contributed by atoms with Gasteiger partial charge in [0.1, 0.15) is 0 Å². The molecule has 68 valence electrons. The van der Waals surface area contributed by atoms with Gasteiger partial charge in [-0.15, -0.1) is 0 Å². The van der Waals surface area contributed by atoms with Crippen molar-refractivity contribution in [2.75, 3.05) is 0 Å². The van der Waals surface area contributed by atoms with Crippen LogP contribution in [0.1, 0.15) is 0 Å². The van der Waals surface area contributed by atoms with E-state index >= 15 is 0 Å². The predicted octanol–water partition coefficient (Wildman–Crippen LogP) is 2.28. The van der Waals surface area contributed by atoms with E-state index in [1.807, 2.05) is 18.2 Å². The van der Waals surface area contributed by atoms with E-state index in [9.17, 15) is 0 Å². The average Bonchev–Trinajstić information content (AvgIpc) is 2.30. The molecule has 0 bridgehead atoms. The Balaban J connectivity index is 2.34. The number of hydrogen-bond acceptors (Lipinski definition) is 1. The molecule has 0 saturated heterocycles. The van der Waals surface area contributed by atoms with Crippen molar-refractivity contribution in [2.24, 2.45) is 0 Å². The third-order valence-electron chi connectivity index (χ3n) is 2.20. The molecule has 0 aliphatic carbocycles. The Bertz CT molecular complexity index is 394. The second-order valence-corrected chi connectivity index (χ2v) is 3.95. The summed E-state index contributed by atoms with van der Waals surface area (Å²) < 4.78 is 5.29. The van der Waals surface area contributed by atoms with Gasteiger partial charge in [0, 0.05) is 0 Å². The summed E-state index contributed by atoms with van der Waals surface area (Å²) in [5, 5.41) is 0. The molecule has 0 spiro atoms. The van der Waals surface area contributed by atoms with Gasteiger partial charge >= 0.3 is 94.0 Å². The Morgan fingerprint density at radius 3 is 1.86 bits per heavy atom. The molecular formula is C12H11GaO. The SMILES string of the molecule is [GaH2][O]c1ccc(-c2ccccc2)cc1. The fourth-order valence-electron chi connectivity index (χ4n) is 1.41. The van der Waals surface area contributed by atoms with Crippen molar-refractivity contribution in [3.05, 3.63) is 54.6 Å². The van der Waals surface area contributed by atoms with Gasteiger partial charge < -0.3 is 0 Å². The summed E-state index contributed by atoms with van der Waals surface area (Å²) >= 11 is 0.418. The monoisotopic (exact) mass is 240 g/mol. The van der Waals surface area contributed by atoms with E-state index in [-0.39, 0.29) is 0 Å². The molecule has 0 unspecified atom stereocenters. The van der Waals surface area contributed by atoms with Crippen molar-refractivity contribution in [1.29, 1.82) is 0 Å². The first-order chi connectivity index (χ1) is 6.90. The normalized spacial score (nSPS) is 9.71. The molecule has 2 aromatic rings.